The van der Waals surface area contributed by atoms with Crippen LogP contribution in [-0.2, 0) is 16.1 Å². The second-order valence-corrected chi connectivity index (χ2v) is 6.19. The molecule has 0 unspecified atom stereocenters. The van der Waals surface area contributed by atoms with E-state index in [1.807, 2.05) is 35.2 Å². The Labute approximate surface area is 124 Å². The quantitative estimate of drug-likeness (QED) is 0.924. The fourth-order valence-corrected chi connectivity index (χ4v) is 3.26. The van der Waals surface area contributed by atoms with E-state index in [2.05, 4.69) is 5.32 Å². The van der Waals surface area contributed by atoms with Crippen LogP contribution >= 0.6 is 0 Å². The summed E-state index contributed by atoms with van der Waals surface area (Å²) in [7, 11) is 0. The predicted molar refractivity (Wildman–Crippen MR) is 77.5 cm³/mol. The number of hydrogen-bond donors (Lipinski definition) is 1. The summed E-state index contributed by atoms with van der Waals surface area (Å²) in [5.74, 6) is 0.138. The molecule has 112 valence electrons. The van der Waals surface area contributed by atoms with E-state index < -0.39 is 0 Å². The number of carbonyl (C=O) groups excluding carboxylic acids is 2. The molecular formula is C16H20N2O3. The van der Waals surface area contributed by atoms with Crippen LogP contribution in [0.4, 0.5) is 4.79 Å². The topological polar surface area (TPSA) is 58.6 Å². The Bertz CT molecular complexity index is 530. The van der Waals surface area contributed by atoms with Gasteiger partial charge in [-0.2, -0.15) is 0 Å². The number of nitrogens with one attached hydrogen (secondary N) is 1. The van der Waals surface area contributed by atoms with E-state index in [4.69, 9.17) is 4.74 Å². The van der Waals surface area contributed by atoms with Gasteiger partial charge in [0.15, 0.2) is 0 Å². The molecule has 0 atom stereocenters. The summed E-state index contributed by atoms with van der Waals surface area (Å²) in [4.78, 5) is 24.7. The molecule has 1 saturated carbocycles. The molecule has 1 saturated heterocycles. The van der Waals surface area contributed by atoms with Gasteiger partial charge in [-0.25, -0.2) is 4.79 Å². The van der Waals surface area contributed by atoms with Gasteiger partial charge in [-0.3, -0.25) is 4.79 Å². The summed E-state index contributed by atoms with van der Waals surface area (Å²) < 4.78 is 5.20. The average molecular weight is 288 g/mol. The molecule has 1 aromatic carbocycles. The zero-order valence-corrected chi connectivity index (χ0v) is 12.2. The summed E-state index contributed by atoms with van der Waals surface area (Å²) in [6, 6.07) is 9.81. The van der Waals surface area contributed by atoms with Gasteiger partial charge in [0.05, 0.1) is 0 Å². The van der Waals surface area contributed by atoms with Gasteiger partial charge in [-0.05, 0) is 18.4 Å². The predicted octanol–water partition coefficient (Wildman–Crippen LogP) is 1.92. The minimum Gasteiger partial charge on any atom is -0.445 e. The van der Waals surface area contributed by atoms with E-state index in [0.29, 0.717) is 6.61 Å². The highest BCUT2D eigenvalue weighted by Crippen LogP contribution is 2.48. The fourth-order valence-electron chi connectivity index (χ4n) is 3.26. The molecule has 1 heterocycles. The maximum absolute atomic E-state index is 11.7. The summed E-state index contributed by atoms with van der Waals surface area (Å²) in [5.41, 5.74) is 1.23. The third-order valence-corrected chi connectivity index (χ3v) is 4.39. The van der Waals surface area contributed by atoms with Crippen molar-refractivity contribution in [3.05, 3.63) is 35.9 Å². The minimum atomic E-state index is -0.360. The highest BCUT2D eigenvalue weighted by atomic mass is 16.5. The maximum Gasteiger partial charge on any atom is 0.407 e. The zero-order valence-electron chi connectivity index (χ0n) is 12.2. The molecule has 5 heteroatoms. The van der Waals surface area contributed by atoms with Crippen molar-refractivity contribution in [2.75, 3.05) is 13.1 Å². The molecule has 1 spiro atoms. The SMILES string of the molecule is CC(=O)N1CC2(CC(NC(=O)OCc3ccccc3)C2)C1. The number of carbonyl (C=O) groups is 2. The van der Waals surface area contributed by atoms with Crippen LogP contribution in [0.2, 0.25) is 0 Å². The van der Waals surface area contributed by atoms with Gasteiger partial charge < -0.3 is 15.0 Å². The van der Waals surface area contributed by atoms with Gasteiger partial charge in [0.25, 0.3) is 0 Å². The second kappa shape index (κ2) is 5.39. The molecule has 0 radical (unpaired) electrons. The molecule has 1 aromatic rings. The highest BCUT2D eigenvalue weighted by molar-refractivity contribution is 5.74. The number of hydrogen-bond acceptors (Lipinski definition) is 3. The minimum absolute atomic E-state index is 0.138. The Hall–Kier alpha value is -2.04. The molecule has 1 aliphatic carbocycles. The first-order valence-electron chi connectivity index (χ1n) is 7.29. The van der Waals surface area contributed by atoms with Crippen molar-refractivity contribution >= 4 is 12.0 Å². The normalized spacial score (nSPS) is 19.6. The summed E-state index contributed by atoms with van der Waals surface area (Å²) in [6.45, 7) is 3.56. The van der Waals surface area contributed by atoms with Gasteiger partial charge in [-0.1, -0.05) is 30.3 Å². The fraction of sp³-hybridized carbons (Fsp3) is 0.500. The lowest BCUT2D eigenvalue weighted by molar-refractivity contribution is -0.149. The van der Waals surface area contributed by atoms with Crippen LogP contribution < -0.4 is 5.32 Å². The smallest absolute Gasteiger partial charge is 0.407 e. The summed E-state index contributed by atoms with van der Waals surface area (Å²) in [6.07, 6.45) is 1.52. The Balaban J connectivity index is 1.35. The third kappa shape index (κ3) is 3.01. The number of rotatable bonds is 3. The van der Waals surface area contributed by atoms with Crippen molar-refractivity contribution in [1.82, 2.24) is 10.2 Å². The number of benzene rings is 1. The highest BCUT2D eigenvalue weighted by Gasteiger charge is 2.53. The van der Waals surface area contributed by atoms with Crippen molar-refractivity contribution in [1.29, 1.82) is 0 Å². The number of alkyl carbamates (subject to hydrolysis) is 1. The second-order valence-electron chi connectivity index (χ2n) is 6.19. The Kier molecular flexibility index (Phi) is 3.57. The molecule has 3 rings (SSSR count). The largest absolute Gasteiger partial charge is 0.445 e. The third-order valence-electron chi connectivity index (χ3n) is 4.39. The first-order chi connectivity index (χ1) is 10.1. The first-order valence-corrected chi connectivity index (χ1v) is 7.29. The van der Waals surface area contributed by atoms with E-state index in [1.54, 1.807) is 6.92 Å². The number of likely N-dealkylation sites (tertiary alicyclic amines) is 1. The zero-order chi connectivity index (χ0) is 14.9. The lowest BCUT2D eigenvalue weighted by atomic mass is 9.60. The molecular weight excluding hydrogens is 268 g/mol. The van der Waals surface area contributed by atoms with Crippen molar-refractivity contribution in [2.45, 2.75) is 32.4 Å². The molecule has 2 aliphatic rings. The Morgan fingerprint density at radius 2 is 1.95 bits per heavy atom. The number of ether oxygens (including phenoxy) is 1. The standard InChI is InChI=1S/C16H20N2O3/c1-12(19)18-10-16(11-18)7-14(8-16)17-15(20)21-9-13-5-3-2-4-6-13/h2-6,14H,7-11H2,1H3,(H,17,20). The monoisotopic (exact) mass is 288 g/mol. The average Bonchev–Trinajstić information content (AvgIpc) is 2.38. The van der Waals surface area contributed by atoms with Crippen LogP contribution in [0, 0.1) is 5.41 Å². The molecule has 2 fully saturated rings. The van der Waals surface area contributed by atoms with E-state index in [9.17, 15) is 9.59 Å². The van der Waals surface area contributed by atoms with Crippen LogP contribution in [-0.4, -0.2) is 36.0 Å². The molecule has 21 heavy (non-hydrogen) atoms. The van der Waals surface area contributed by atoms with Crippen LogP contribution in [0.3, 0.4) is 0 Å². The van der Waals surface area contributed by atoms with E-state index in [1.165, 1.54) is 0 Å². The maximum atomic E-state index is 11.7. The molecule has 5 nitrogen and oxygen atoms in total. The van der Waals surface area contributed by atoms with Crippen LogP contribution in [0.5, 0.6) is 0 Å². The molecule has 0 bridgehead atoms. The van der Waals surface area contributed by atoms with Crippen LogP contribution in [0.25, 0.3) is 0 Å². The van der Waals surface area contributed by atoms with E-state index in [0.717, 1.165) is 31.5 Å². The van der Waals surface area contributed by atoms with Crippen LogP contribution in [0.15, 0.2) is 30.3 Å². The van der Waals surface area contributed by atoms with Crippen molar-refractivity contribution < 1.29 is 14.3 Å². The Morgan fingerprint density at radius 3 is 2.57 bits per heavy atom. The molecule has 1 aliphatic heterocycles. The van der Waals surface area contributed by atoms with E-state index >= 15 is 0 Å². The Morgan fingerprint density at radius 1 is 1.29 bits per heavy atom. The van der Waals surface area contributed by atoms with Gasteiger partial charge in [0.1, 0.15) is 6.61 Å². The lowest BCUT2D eigenvalue weighted by Crippen LogP contribution is -2.67. The van der Waals surface area contributed by atoms with Crippen LogP contribution in [0.1, 0.15) is 25.3 Å². The lowest BCUT2D eigenvalue weighted by Gasteiger charge is -2.58. The summed E-state index contributed by atoms with van der Waals surface area (Å²) >= 11 is 0. The van der Waals surface area contributed by atoms with Crippen molar-refractivity contribution in [3.63, 3.8) is 0 Å². The summed E-state index contributed by atoms with van der Waals surface area (Å²) in [5, 5.41) is 2.89. The van der Waals surface area contributed by atoms with Crippen molar-refractivity contribution in [2.24, 2.45) is 5.41 Å². The molecule has 2 amide bonds. The number of amides is 2. The number of nitrogens with zero attached hydrogens (tertiary/aromatic N) is 1. The van der Waals surface area contributed by atoms with E-state index in [-0.39, 0.29) is 23.5 Å². The molecule has 1 N–H and O–H groups in total. The van der Waals surface area contributed by atoms with Gasteiger partial charge in [0, 0.05) is 31.5 Å². The molecule has 0 aromatic heterocycles. The van der Waals surface area contributed by atoms with Gasteiger partial charge >= 0.3 is 6.09 Å². The van der Waals surface area contributed by atoms with Gasteiger partial charge in [0.2, 0.25) is 5.91 Å². The first kappa shape index (κ1) is 13.9. The van der Waals surface area contributed by atoms with Crippen molar-refractivity contribution in [3.8, 4) is 0 Å². The van der Waals surface area contributed by atoms with Gasteiger partial charge in [-0.15, -0.1) is 0 Å².